The molecule has 1 fully saturated rings. The number of nitrogens with zero attached hydrogens (tertiary/aromatic N) is 2. The van der Waals surface area contributed by atoms with Crippen LogP contribution in [0, 0.1) is 13.8 Å². The number of rotatable bonds is 4. The van der Waals surface area contributed by atoms with Gasteiger partial charge >= 0.3 is 6.03 Å². The molecule has 0 unspecified atom stereocenters. The maximum Gasteiger partial charge on any atom is 0.315 e. The van der Waals surface area contributed by atoms with Crippen molar-refractivity contribution < 1.29 is 13.9 Å². The fraction of sp³-hybridized carbons (Fsp3) is 0.529. The molecule has 24 heavy (non-hydrogen) atoms. The Bertz CT molecular complexity index is 708. The summed E-state index contributed by atoms with van der Waals surface area (Å²) in [6.45, 7) is 6.50. The number of furan rings is 1. The summed E-state index contributed by atoms with van der Waals surface area (Å²) < 4.78 is 13.1. The van der Waals surface area contributed by atoms with Crippen LogP contribution in [0.4, 0.5) is 4.79 Å². The lowest BCUT2D eigenvalue weighted by Crippen LogP contribution is -2.44. The fourth-order valence-electron chi connectivity index (χ4n) is 3.24. The number of aryl methyl sites for hydroxylation is 2. The van der Waals surface area contributed by atoms with Crippen LogP contribution >= 0.6 is 0 Å². The summed E-state index contributed by atoms with van der Waals surface area (Å²) in [5.74, 6) is 0.725. The summed E-state index contributed by atoms with van der Waals surface area (Å²) in [7, 11) is 1.92. The molecule has 0 saturated carbocycles. The lowest BCUT2D eigenvalue weighted by molar-refractivity contribution is 0.0987. The average Bonchev–Trinajstić information content (AvgIpc) is 3.23. The van der Waals surface area contributed by atoms with Crippen LogP contribution in [0.15, 0.2) is 22.8 Å². The minimum atomic E-state index is -0.224. The van der Waals surface area contributed by atoms with Crippen LogP contribution in [-0.2, 0) is 11.8 Å². The van der Waals surface area contributed by atoms with E-state index < -0.39 is 0 Å². The second kappa shape index (κ2) is 6.68. The SMILES string of the molecule is Cc1nn(C)c(C)c1[C@H]1OCC[C@@H]1NC(=O)N[C@@H](C)c1ccco1. The lowest BCUT2D eigenvalue weighted by atomic mass is 10.0. The van der Waals surface area contributed by atoms with Crippen LogP contribution in [0.1, 0.15) is 48.2 Å². The second-order valence-corrected chi connectivity index (χ2v) is 6.25. The van der Waals surface area contributed by atoms with E-state index in [1.807, 2.05) is 38.6 Å². The molecule has 7 nitrogen and oxygen atoms in total. The molecule has 0 aliphatic carbocycles. The highest BCUT2D eigenvalue weighted by atomic mass is 16.5. The molecule has 1 aliphatic rings. The predicted molar refractivity (Wildman–Crippen MR) is 88.6 cm³/mol. The van der Waals surface area contributed by atoms with E-state index in [-0.39, 0.29) is 24.2 Å². The summed E-state index contributed by atoms with van der Waals surface area (Å²) in [5, 5.41) is 10.4. The number of urea groups is 1. The Hall–Kier alpha value is -2.28. The molecule has 2 amide bonds. The average molecular weight is 332 g/mol. The Morgan fingerprint density at radius 1 is 1.46 bits per heavy atom. The van der Waals surface area contributed by atoms with Gasteiger partial charge in [0.1, 0.15) is 11.9 Å². The van der Waals surface area contributed by atoms with E-state index >= 15 is 0 Å². The van der Waals surface area contributed by atoms with E-state index in [9.17, 15) is 4.79 Å². The first-order valence-corrected chi connectivity index (χ1v) is 8.19. The van der Waals surface area contributed by atoms with Crippen molar-refractivity contribution in [3.63, 3.8) is 0 Å². The van der Waals surface area contributed by atoms with Crippen LogP contribution < -0.4 is 10.6 Å². The molecule has 3 rings (SSSR count). The van der Waals surface area contributed by atoms with Gasteiger partial charge in [-0.25, -0.2) is 4.79 Å². The highest BCUT2D eigenvalue weighted by Gasteiger charge is 2.34. The van der Waals surface area contributed by atoms with E-state index in [1.165, 1.54) is 0 Å². The highest BCUT2D eigenvalue weighted by Crippen LogP contribution is 2.33. The van der Waals surface area contributed by atoms with Crippen LogP contribution in [-0.4, -0.2) is 28.5 Å². The minimum absolute atomic E-state index is 0.0737. The van der Waals surface area contributed by atoms with Gasteiger partial charge in [-0.3, -0.25) is 4.68 Å². The lowest BCUT2D eigenvalue weighted by Gasteiger charge is -2.22. The number of carbonyl (C=O) groups is 1. The first-order valence-electron chi connectivity index (χ1n) is 8.19. The molecule has 7 heteroatoms. The molecule has 1 aliphatic heterocycles. The molecule has 2 aromatic heterocycles. The van der Waals surface area contributed by atoms with Crippen molar-refractivity contribution in [2.75, 3.05) is 6.61 Å². The van der Waals surface area contributed by atoms with Crippen LogP contribution in [0.25, 0.3) is 0 Å². The Morgan fingerprint density at radius 2 is 2.25 bits per heavy atom. The summed E-state index contributed by atoms with van der Waals surface area (Å²) in [4.78, 5) is 12.3. The molecular formula is C17H24N4O3. The van der Waals surface area contributed by atoms with Gasteiger partial charge in [0.2, 0.25) is 0 Å². The smallest absolute Gasteiger partial charge is 0.315 e. The third kappa shape index (κ3) is 3.17. The normalized spacial score (nSPS) is 21.7. The van der Waals surface area contributed by atoms with Crippen molar-refractivity contribution in [2.45, 2.75) is 45.4 Å². The fourth-order valence-corrected chi connectivity index (χ4v) is 3.24. The highest BCUT2D eigenvalue weighted by molar-refractivity contribution is 5.74. The molecule has 2 aromatic rings. The standard InChI is InChI=1S/C17H24N4O3/c1-10(14-6-5-8-23-14)18-17(22)19-13-7-9-24-16(13)15-11(2)20-21(4)12(15)3/h5-6,8,10,13,16H,7,9H2,1-4H3,(H2,18,19,22)/t10-,13-,16-/m0/s1. The van der Waals surface area contributed by atoms with E-state index in [0.717, 1.165) is 29.1 Å². The second-order valence-electron chi connectivity index (χ2n) is 6.25. The zero-order valence-electron chi connectivity index (χ0n) is 14.5. The zero-order chi connectivity index (χ0) is 17.3. The molecule has 0 spiro atoms. The number of ether oxygens (including phenoxy) is 1. The predicted octanol–water partition coefficient (Wildman–Crippen LogP) is 2.52. The number of hydrogen-bond acceptors (Lipinski definition) is 4. The Morgan fingerprint density at radius 3 is 2.88 bits per heavy atom. The third-order valence-corrected chi connectivity index (χ3v) is 4.58. The van der Waals surface area contributed by atoms with Crippen molar-refractivity contribution in [2.24, 2.45) is 7.05 Å². The molecule has 2 N–H and O–H groups in total. The molecule has 3 heterocycles. The van der Waals surface area contributed by atoms with Gasteiger partial charge in [0.15, 0.2) is 0 Å². The van der Waals surface area contributed by atoms with Gasteiger partial charge in [-0.1, -0.05) is 0 Å². The van der Waals surface area contributed by atoms with Gasteiger partial charge in [-0.2, -0.15) is 5.10 Å². The Labute approximate surface area is 141 Å². The van der Waals surface area contributed by atoms with Crippen molar-refractivity contribution >= 4 is 6.03 Å². The molecule has 0 bridgehead atoms. The molecule has 130 valence electrons. The first-order chi connectivity index (χ1) is 11.5. The third-order valence-electron chi connectivity index (χ3n) is 4.58. The van der Waals surface area contributed by atoms with E-state index in [0.29, 0.717) is 6.61 Å². The number of carbonyl (C=O) groups excluding carboxylic acids is 1. The summed E-state index contributed by atoms with van der Waals surface area (Å²) >= 11 is 0. The summed E-state index contributed by atoms with van der Waals surface area (Å²) in [5.41, 5.74) is 3.08. The molecule has 0 radical (unpaired) electrons. The van der Waals surface area contributed by atoms with Gasteiger partial charge in [0.25, 0.3) is 0 Å². The molecule has 0 aromatic carbocycles. The van der Waals surface area contributed by atoms with Crippen molar-refractivity contribution in [1.29, 1.82) is 0 Å². The zero-order valence-corrected chi connectivity index (χ0v) is 14.5. The number of amides is 2. The maximum absolute atomic E-state index is 12.3. The number of hydrogen-bond donors (Lipinski definition) is 2. The molecular weight excluding hydrogens is 308 g/mol. The van der Waals surface area contributed by atoms with E-state index in [1.54, 1.807) is 12.3 Å². The first kappa shape index (κ1) is 16.6. The Balaban J connectivity index is 1.66. The summed E-state index contributed by atoms with van der Waals surface area (Å²) in [6, 6.07) is 3.16. The minimum Gasteiger partial charge on any atom is -0.467 e. The topological polar surface area (TPSA) is 81.3 Å². The Kier molecular flexibility index (Phi) is 4.62. The van der Waals surface area contributed by atoms with Crippen LogP contribution in [0.3, 0.4) is 0 Å². The number of nitrogens with one attached hydrogen (secondary N) is 2. The number of aromatic nitrogens is 2. The van der Waals surface area contributed by atoms with Crippen molar-refractivity contribution in [3.8, 4) is 0 Å². The van der Waals surface area contributed by atoms with Gasteiger partial charge in [-0.15, -0.1) is 0 Å². The largest absolute Gasteiger partial charge is 0.467 e. The van der Waals surface area contributed by atoms with E-state index in [4.69, 9.17) is 9.15 Å². The van der Waals surface area contributed by atoms with Gasteiger partial charge in [0.05, 0.1) is 24.0 Å². The van der Waals surface area contributed by atoms with Crippen molar-refractivity contribution in [1.82, 2.24) is 20.4 Å². The quantitative estimate of drug-likeness (QED) is 0.901. The van der Waals surface area contributed by atoms with Crippen LogP contribution in [0.2, 0.25) is 0 Å². The molecule has 1 saturated heterocycles. The van der Waals surface area contributed by atoms with Crippen LogP contribution in [0.5, 0.6) is 0 Å². The summed E-state index contributed by atoms with van der Waals surface area (Å²) in [6.07, 6.45) is 2.21. The molecule has 3 atom stereocenters. The van der Waals surface area contributed by atoms with E-state index in [2.05, 4.69) is 15.7 Å². The van der Waals surface area contributed by atoms with Crippen molar-refractivity contribution in [3.05, 3.63) is 41.1 Å². The van der Waals surface area contributed by atoms with Gasteiger partial charge in [0, 0.05) is 24.9 Å². The maximum atomic E-state index is 12.3. The van der Waals surface area contributed by atoms with Gasteiger partial charge in [-0.05, 0) is 39.3 Å². The van der Waals surface area contributed by atoms with Gasteiger partial charge < -0.3 is 19.8 Å². The monoisotopic (exact) mass is 332 g/mol.